The summed E-state index contributed by atoms with van der Waals surface area (Å²) >= 11 is 5.94. The van der Waals surface area contributed by atoms with Crippen LogP contribution < -0.4 is 19.9 Å². The molecule has 0 aliphatic heterocycles. The zero-order valence-corrected chi connectivity index (χ0v) is 12.5. The Bertz CT molecular complexity index is 548. The highest BCUT2D eigenvalue weighted by Gasteiger charge is 2.21. The van der Waals surface area contributed by atoms with Crippen LogP contribution in [0.2, 0.25) is 5.02 Å². The van der Waals surface area contributed by atoms with E-state index in [1.54, 1.807) is 0 Å². The van der Waals surface area contributed by atoms with Crippen molar-refractivity contribution in [3.63, 3.8) is 0 Å². The summed E-state index contributed by atoms with van der Waals surface area (Å²) in [6, 6.07) is 2.94. The fraction of sp³-hybridized carbons (Fsp3) is 0.455. The van der Waals surface area contributed by atoms with Crippen LogP contribution in [0.4, 0.5) is 5.69 Å². The lowest BCUT2D eigenvalue weighted by atomic mass is 10.3. The Hall–Kier alpha value is -1.18. The fourth-order valence-electron chi connectivity index (χ4n) is 1.32. The van der Waals surface area contributed by atoms with Crippen molar-refractivity contribution < 1.29 is 17.9 Å². The second-order valence-electron chi connectivity index (χ2n) is 3.88. The summed E-state index contributed by atoms with van der Waals surface area (Å²) in [4.78, 5) is 0. The van der Waals surface area contributed by atoms with E-state index in [9.17, 15) is 8.42 Å². The molecule has 19 heavy (non-hydrogen) atoms. The summed E-state index contributed by atoms with van der Waals surface area (Å²) in [7, 11) is -0.730. The van der Waals surface area contributed by atoms with Crippen molar-refractivity contribution in [1.82, 2.24) is 0 Å². The molecule has 0 radical (unpaired) electrons. The third-order valence-electron chi connectivity index (χ3n) is 2.59. The zero-order valence-electron chi connectivity index (χ0n) is 10.9. The average Bonchev–Trinajstić information content (AvgIpc) is 2.38. The van der Waals surface area contributed by atoms with Crippen LogP contribution in [0.3, 0.4) is 0 Å². The highest BCUT2D eigenvalue weighted by Crippen LogP contribution is 2.36. The van der Waals surface area contributed by atoms with Crippen LogP contribution in [0.1, 0.15) is 6.92 Å². The molecule has 8 heteroatoms. The lowest BCUT2D eigenvalue weighted by Crippen LogP contribution is -2.31. The van der Waals surface area contributed by atoms with Gasteiger partial charge >= 0.3 is 0 Å². The number of nitrogens with one attached hydrogen (secondary N) is 1. The maximum absolute atomic E-state index is 12.0. The predicted octanol–water partition coefficient (Wildman–Crippen LogP) is 1.45. The molecule has 0 spiro atoms. The van der Waals surface area contributed by atoms with Crippen molar-refractivity contribution in [2.45, 2.75) is 12.2 Å². The minimum atomic E-state index is -3.59. The molecule has 0 heterocycles. The molecule has 0 bridgehead atoms. The predicted molar refractivity (Wildman–Crippen MR) is 75.6 cm³/mol. The third kappa shape index (κ3) is 3.65. The van der Waals surface area contributed by atoms with Gasteiger partial charge in [0.25, 0.3) is 0 Å². The number of benzene rings is 1. The first-order valence-corrected chi connectivity index (χ1v) is 7.41. The summed E-state index contributed by atoms with van der Waals surface area (Å²) in [5.41, 5.74) is 5.62. The molecule has 6 nitrogen and oxygen atoms in total. The SMILES string of the molecule is COc1cc(NS(=O)(=O)C(C)CN)c(OC)cc1Cl. The van der Waals surface area contributed by atoms with Crippen molar-refractivity contribution in [2.75, 3.05) is 25.5 Å². The second-order valence-corrected chi connectivity index (χ2v) is 6.39. The minimum Gasteiger partial charge on any atom is -0.495 e. The Morgan fingerprint density at radius 2 is 1.89 bits per heavy atom. The van der Waals surface area contributed by atoms with Gasteiger partial charge in [-0.1, -0.05) is 11.6 Å². The molecule has 0 aromatic heterocycles. The van der Waals surface area contributed by atoms with Gasteiger partial charge in [0.15, 0.2) is 0 Å². The molecule has 1 aromatic carbocycles. The molecule has 0 saturated carbocycles. The van der Waals surface area contributed by atoms with E-state index >= 15 is 0 Å². The number of ether oxygens (including phenoxy) is 2. The summed E-state index contributed by atoms with van der Waals surface area (Å²) in [6.07, 6.45) is 0. The lowest BCUT2D eigenvalue weighted by molar-refractivity contribution is 0.405. The maximum atomic E-state index is 12.0. The molecule has 0 fully saturated rings. The Balaban J connectivity index is 3.20. The molecule has 0 aliphatic rings. The molecule has 1 aromatic rings. The number of rotatable bonds is 6. The normalized spacial score (nSPS) is 12.9. The summed E-state index contributed by atoms with van der Waals surface area (Å²) in [6.45, 7) is 1.53. The molecular weight excluding hydrogens is 292 g/mol. The van der Waals surface area contributed by atoms with Gasteiger partial charge in [-0.2, -0.15) is 0 Å². The summed E-state index contributed by atoms with van der Waals surface area (Å²) in [5.74, 6) is 0.652. The third-order valence-corrected chi connectivity index (χ3v) is 4.64. The van der Waals surface area contributed by atoms with E-state index < -0.39 is 15.3 Å². The Labute approximate surface area is 117 Å². The molecule has 1 atom stereocenters. The Morgan fingerprint density at radius 1 is 1.32 bits per heavy atom. The number of hydrogen-bond donors (Lipinski definition) is 2. The molecular formula is C11H17ClN2O4S. The average molecular weight is 309 g/mol. The van der Waals surface area contributed by atoms with E-state index in [1.807, 2.05) is 0 Å². The van der Waals surface area contributed by atoms with Gasteiger partial charge in [-0.25, -0.2) is 8.42 Å². The first-order chi connectivity index (χ1) is 8.85. The number of nitrogens with two attached hydrogens (primary N) is 1. The van der Waals surface area contributed by atoms with Gasteiger partial charge in [-0.15, -0.1) is 0 Å². The van der Waals surface area contributed by atoms with Gasteiger partial charge in [0.05, 0.1) is 30.2 Å². The largest absolute Gasteiger partial charge is 0.495 e. The Kier molecular flexibility index (Phi) is 5.28. The van der Waals surface area contributed by atoms with Crippen molar-refractivity contribution in [1.29, 1.82) is 0 Å². The van der Waals surface area contributed by atoms with E-state index in [1.165, 1.54) is 33.3 Å². The summed E-state index contributed by atoms with van der Waals surface area (Å²) in [5, 5.41) is -0.395. The lowest BCUT2D eigenvalue weighted by Gasteiger charge is -2.16. The van der Waals surface area contributed by atoms with Gasteiger partial charge < -0.3 is 15.2 Å². The fourth-order valence-corrected chi connectivity index (χ4v) is 2.47. The molecule has 3 N–H and O–H groups in total. The van der Waals surface area contributed by atoms with Crippen LogP contribution in [-0.4, -0.2) is 34.4 Å². The first-order valence-electron chi connectivity index (χ1n) is 5.49. The van der Waals surface area contributed by atoms with E-state index in [0.717, 1.165) is 0 Å². The Morgan fingerprint density at radius 3 is 2.37 bits per heavy atom. The van der Waals surface area contributed by atoms with E-state index in [-0.39, 0.29) is 12.2 Å². The van der Waals surface area contributed by atoms with Crippen LogP contribution in [0.25, 0.3) is 0 Å². The van der Waals surface area contributed by atoms with Gasteiger partial charge in [0.2, 0.25) is 10.0 Å². The number of methoxy groups -OCH3 is 2. The summed E-state index contributed by atoms with van der Waals surface area (Å²) < 4.78 is 36.5. The second kappa shape index (κ2) is 6.31. The van der Waals surface area contributed by atoms with Crippen molar-refractivity contribution in [3.05, 3.63) is 17.2 Å². The van der Waals surface area contributed by atoms with Gasteiger partial charge in [-0.05, 0) is 6.92 Å². The number of halogens is 1. The first kappa shape index (κ1) is 15.9. The van der Waals surface area contributed by atoms with Gasteiger partial charge in [0.1, 0.15) is 11.5 Å². The minimum absolute atomic E-state index is 0.0162. The van der Waals surface area contributed by atoms with Crippen LogP contribution >= 0.6 is 11.6 Å². The highest BCUT2D eigenvalue weighted by molar-refractivity contribution is 7.93. The van der Waals surface area contributed by atoms with Crippen molar-refractivity contribution >= 4 is 27.3 Å². The van der Waals surface area contributed by atoms with Crippen LogP contribution in [-0.2, 0) is 10.0 Å². The van der Waals surface area contributed by atoms with Crippen molar-refractivity contribution in [3.8, 4) is 11.5 Å². The van der Waals surface area contributed by atoms with E-state index in [4.69, 9.17) is 26.8 Å². The van der Waals surface area contributed by atoms with E-state index in [0.29, 0.717) is 16.5 Å². The van der Waals surface area contributed by atoms with Gasteiger partial charge in [-0.3, -0.25) is 4.72 Å². The quantitative estimate of drug-likeness (QED) is 0.830. The van der Waals surface area contributed by atoms with Crippen molar-refractivity contribution in [2.24, 2.45) is 5.73 Å². The van der Waals surface area contributed by atoms with Crippen LogP contribution in [0.5, 0.6) is 11.5 Å². The standard InChI is InChI=1S/C11H17ClN2O4S/c1-7(6-13)19(15,16)14-9-5-10(17-2)8(12)4-11(9)18-3/h4-5,7,14H,6,13H2,1-3H3. The maximum Gasteiger partial charge on any atom is 0.236 e. The molecule has 0 aliphatic carbocycles. The smallest absolute Gasteiger partial charge is 0.236 e. The zero-order chi connectivity index (χ0) is 14.6. The van der Waals surface area contributed by atoms with Gasteiger partial charge in [0, 0.05) is 18.7 Å². The van der Waals surface area contributed by atoms with Crippen LogP contribution in [0, 0.1) is 0 Å². The van der Waals surface area contributed by atoms with Crippen LogP contribution in [0.15, 0.2) is 12.1 Å². The molecule has 0 amide bonds. The molecule has 1 unspecified atom stereocenters. The molecule has 108 valence electrons. The number of anilines is 1. The molecule has 0 saturated heterocycles. The number of sulfonamides is 1. The molecule has 1 rings (SSSR count). The van der Waals surface area contributed by atoms with E-state index in [2.05, 4.69) is 4.72 Å². The highest BCUT2D eigenvalue weighted by atomic mass is 35.5. The topological polar surface area (TPSA) is 90.7 Å². The monoisotopic (exact) mass is 308 g/mol. The number of hydrogen-bond acceptors (Lipinski definition) is 5.